The van der Waals surface area contributed by atoms with Crippen LogP contribution in [0.5, 0.6) is 5.75 Å². The van der Waals surface area contributed by atoms with Crippen LogP contribution in [0.15, 0.2) is 66.7 Å². The lowest BCUT2D eigenvalue weighted by Crippen LogP contribution is -2.36. The molecule has 1 heterocycles. The van der Waals surface area contributed by atoms with E-state index in [2.05, 4.69) is 71.6 Å². The number of aryl methyl sites for hydroxylation is 1. The average Bonchev–Trinajstić information content (AvgIpc) is 2.82. The summed E-state index contributed by atoms with van der Waals surface area (Å²) in [5.41, 5.74) is 2.77. The summed E-state index contributed by atoms with van der Waals surface area (Å²) in [4.78, 5) is 2.47. The van der Waals surface area contributed by atoms with E-state index in [-0.39, 0.29) is 0 Å². The van der Waals surface area contributed by atoms with Crippen LogP contribution in [0.4, 0.5) is 0 Å². The van der Waals surface area contributed by atoms with Crippen LogP contribution in [-0.4, -0.2) is 36.3 Å². The maximum atomic E-state index is 9.46. The molecule has 1 N–H and O–H groups in total. The summed E-state index contributed by atoms with van der Waals surface area (Å²) in [7, 11) is 0. The number of aliphatic hydroxyl groups is 1. The van der Waals surface area contributed by atoms with E-state index in [1.807, 2.05) is 0 Å². The molecule has 0 spiro atoms. The Morgan fingerprint density at radius 2 is 1.71 bits per heavy atom. The summed E-state index contributed by atoms with van der Waals surface area (Å²) in [6.07, 6.45) is 6.99. The van der Waals surface area contributed by atoms with Crippen LogP contribution < -0.4 is 4.74 Å². The third kappa shape index (κ3) is 6.56. The van der Waals surface area contributed by atoms with Crippen LogP contribution in [0, 0.1) is 5.92 Å². The number of ether oxygens (including phenoxy) is 1. The first-order valence-corrected chi connectivity index (χ1v) is 11.8. The van der Waals surface area contributed by atoms with Gasteiger partial charge < -0.3 is 9.84 Å². The van der Waals surface area contributed by atoms with E-state index < -0.39 is 0 Å². The molecule has 0 radical (unpaired) electrons. The van der Waals surface area contributed by atoms with Crippen LogP contribution in [0.2, 0.25) is 0 Å². The summed E-state index contributed by atoms with van der Waals surface area (Å²) in [6.45, 7) is 4.19. The number of fused-ring (bicyclic) bond motifs is 1. The predicted molar refractivity (Wildman–Crippen MR) is 129 cm³/mol. The second kappa shape index (κ2) is 11.3. The molecule has 3 nitrogen and oxygen atoms in total. The van der Waals surface area contributed by atoms with Crippen LogP contribution >= 0.6 is 0 Å². The molecule has 1 fully saturated rings. The molecule has 164 valence electrons. The number of hydrogen-bond donors (Lipinski definition) is 1. The zero-order chi connectivity index (χ0) is 21.3. The van der Waals surface area contributed by atoms with E-state index in [9.17, 15) is 5.11 Å². The van der Waals surface area contributed by atoms with Gasteiger partial charge in [-0.1, -0.05) is 48.5 Å². The number of likely N-dealkylation sites (tertiary alicyclic amines) is 1. The normalized spacial score (nSPS) is 17.1. The minimum atomic E-state index is 0.310. The lowest BCUT2D eigenvalue weighted by atomic mass is 9.98. The number of hydrogen-bond acceptors (Lipinski definition) is 3. The van der Waals surface area contributed by atoms with Crippen molar-refractivity contribution in [2.24, 2.45) is 5.92 Å². The highest BCUT2D eigenvalue weighted by Gasteiger charge is 2.19. The first-order chi connectivity index (χ1) is 15.3. The molecule has 1 atom stereocenters. The Balaban J connectivity index is 1.23. The van der Waals surface area contributed by atoms with Gasteiger partial charge in [-0.05, 0) is 91.1 Å². The second-order valence-corrected chi connectivity index (χ2v) is 8.91. The fourth-order valence-corrected chi connectivity index (χ4v) is 4.61. The van der Waals surface area contributed by atoms with Gasteiger partial charge in [-0.15, -0.1) is 0 Å². The summed E-state index contributed by atoms with van der Waals surface area (Å²) in [5, 5.41) is 12.0. The van der Waals surface area contributed by atoms with Gasteiger partial charge >= 0.3 is 0 Å². The number of rotatable bonds is 10. The highest BCUT2D eigenvalue weighted by Crippen LogP contribution is 2.24. The molecule has 0 saturated carbocycles. The van der Waals surface area contributed by atoms with Gasteiger partial charge in [0.05, 0.1) is 6.61 Å². The van der Waals surface area contributed by atoms with Gasteiger partial charge in [-0.3, -0.25) is 4.90 Å². The van der Waals surface area contributed by atoms with Crippen molar-refractivity contribution in [3.8, 4) is 5.75 Å². The van der Waals surface area contributed by atoms with E-state index in [1.165, 1.54) is 41.2 Å². The van der Waals surface area contributed by atoms with Gasteiger partial charge in [0.1, 0.15) is 5.75 Å². The van der Waals surface area contributed by atoms with E-state index >= 15 is 0 Å². The third-order valence-electron chi connectivity index (χ3n) is 6.36. The van der Waals surface area contributed by atoms with Crippen molar-refractivity contribution >= 4 is 10.8 Å². The number of nitrogens with zero attached hydrogens (tertiary/aromatic N) is 1. The fourth-order valence-electron chi connectivity index (χ4n) is 4.61. The summed E-state index contributed by atoms with van der Waals surface area (Å²) in [5.74, 6) is 1.40. The Morgan fingerprint density at radius 1 is 0.871 bits per heavy atom. The Hall–Kier alpha value is -2.36. The van der Waals surface area contributed by atoms with Crippen molar-refractivity contribution in [1.29, 1.82) is 0 Å². The molecular formula is C28H35NO2. The van der Waals surface area contributed by atoms with Crippen molar-refractivity contribution in [3.63, 3.8) is 0 Å². The van der Waals surface area contributed by atoms with Gasteiger partial charge in [0.15, 0.2) is 0 Å². The zero-order valence-electron chi connectivity index (χ0n) is 18.5. The van der Waals surface area contributed by atoms with E-state index in [1.54, 1.807) is 0 Å². The monoisotopic (exact) mass is 417 g/mol. The lowest BCUT2D eigenvalue weighted by molar-refractivity contribution is 0.116. The van der Waals surface area contributed by atoms with Gasteiger partial charge in [-0.25, -0.2) is 0 Å². The summed E-state index contributed by atoms with van der Waals surface area (Å²) >= 11 is 0. The topological polar surface area (TPSA) is 32.7 Å². The third-order valence-corrected chi connectivity index (χ3v) is 6.36. The van der Waals surface area contributed by atoms with Crippen molar-refractivity contribution in [1.82, 2.24) is 4.90 Å². The Bertz CT molecular complexity index is 940. The Kier molecular flexibility index (Phi) is 7.98. The number of unbranched alkanes of at least 4 members (excludes halogenated alkanes) is 2. The zero-order valence-corrected chi connectivity index (χ0v) is 18.5. The van der Waals surface area contributed by atoms with Gasteiger partial charge in [-0.2, -0.15) is 0 Å². The minimum absolute atomic E-state index is 0.310. The molecule has 1 unspecified atom stereocenters. The largest absolute Gasteiger partial charge is 0.494 e. The second-order valence-electron chi connectivity index (χ2n) is 8.91. The maximum Gasteiger partial charge on any atom is 0.119 e. The molecule has 0 aliphatic carbocycles. The maximum absolute atomic E-state index is 9.46. The number of aliphatic hydroxyl groups excluding tert-OH is 1. The highest BCUT2D eigenvalue weighted by atomic mass is 16.5. The molecule has 3 aromatic carbocycles. The smallest absolute Gasteiger partial charge is 0.119 e. The summed E-state index contributed by atoms with van der Waals surface area (Å²) in [6, 6.07) is 23.9. The molecule has 0 aromatic heterocycles. The standard InChI is InChI=1S/C28H35NO2/c30-22-25-11-7-16-29(21-25)20-24-12-13-27-19-28(15-14-26(27)18-24)31-17-6-2-5-10-23-8-3-1-4-9-23/h1,3-4,8-9,12-15,18-19,25,30H,2,5-7,10-11,16-17,20-22H2. The van der Waals surface area contributed by atoms with Crippen molar-refractivity contribution < 1.29 is 9.84 Å². The molecule has 0 bridgehead atoms. The molecule has 0 amide bonds. The quantitative estimate of drug-likeness (QED) is 0.421. The average molecular weight is 418 g/mol. The SMILES string of the molecule is OCC1CCCN(Cc2ccc3cc(OCCCCCc4ccccc4)ccc3c2)C1. The molecule has 31 heavy (non-hydrogen) atoms. The van der Waals surface area contributed by atoms with Crippen molar-refractivity contribution in [2.45, 2.75) is 45.1 Å². The van der Waals surface area contributed by atoms with Crippen LogP contribution in [-0.2, 0) is 13.0 Å². The predicted octanol–water partition coefficient (Wildman–Crippen LogP) is 5.84. The molecule has 3 heteroatoms. The summed E-state index contributed by atoms with van der Waals surface area (Å²) < 4.78 is 6.01. The van der Waals surface area contributed by atoms with Crippen LogP contribution in [0.1, 0.15) is 43.2 Å². The van der Waals surface area contributed by atoms with Crippen LogP contribution in [0.3, 0.4) is 0 Å². The van der Waals surface area contributed by atoms with Crippen molar-refractivity contribution in [2.75, 3.05) is 26.3 Å². The minimum Gasteiger partial charge on any atom is -0.494 e. The first kappa shape index (κ1) is 21.9. The van der Waals surface area contributed by atoms with Gasteiger partial charge in [0.25, 0.3) is 0 Å². The molecular weight excluding hydrogens is 382 g/mol. The van der Waals surface area contributed by atoms with Crippen molar-refractivity contribution in [3.05, 3.63) is 77.9 Å². The molecule has 3 aromatic rings. The van der Waals surface area contributed by atoms with E-state index in [0.717, 1.165) is 51.3 Å². The van der Waals surface area contributed by atoms with E-state index in [0.29, 0.717) is 12.5 Å². The molecule has 1 saturated heterocycles. The number of piperidine rings is 1. The Labute approximate surface area is 186 Å². The van der Waals surface area contributed by atoms with Gasteiger partial charge in [0.2, 0.25) is 0 Å². The fraction of sp³-hybridized carbons (Fsp3) is 0.429. The van der Waals surface area contributed by atoms with Gasteiger partial charge in [0, 0.05) is 19.7 Å². The first-order valence-electron chi connectivity index (χ1n) is 11.8. The van der Waals surface area contributed by atoms with E-state index in [4.69, 9.17) is 4.74 Å². The van der Waals surface area contributed by atoms with Crippen LogP contribution in [0.25, 0.3) is 10.8 Å². The molecule has 1 aliphatic rings. The lowest BCUT2D eigenvalue weighted by Gasteiger charge is -2.31. The number of benzene rings is 3. The highest BCUT2D eigenvalue weighted by molar-refractivity contribution is 5.84. The molecule has 1 aliphatic heterocycles. The Morgan fingerprint density at radius 3 is 2.58 bits per heavy atom. The molecule has 4 rings (SSSR count).